The number of nitrogens with zero attached hydrogens (tertiary/aromatic N) is 1. The minimum absolute atomic E-state index is 0.194. The summed E-state index contributed by atoms with van der Waals surface area (Å²) in [6.45, 7) is 5.12. The van der Waals surface area contributed by atoms with Crippen LogP contribution in [0.25, 0.3) is 0 Å². The molecule has 1 aliphatic heterocycles. The largest absolute Gasteiger partial charge is 0.493 e. The number of carbonyl (C=O) groups is 2. The van der Waals surface area contributed by atoms with Crippen molar-refractivity contribution >= 4 is 11.9 Å². The van der Waals surface area contributed by atoms with E-state index in [1.807, 2.05) is 25.1 Å². The van der Waals surface area contributed by atoms with Gasteiger partial charge in [-0.05, 0) is 49.6 Å². The molecule has 1 aliphatic rings. The molecule has 2 aromatic carbocycles. The Morgan fingerprint density at radius 2 is 1.86 bits per heavy atom. The van der Waals surface area contributed by atoms with Gasteiger partial charge in [-0.3, -0.25) is 4.79 Å². The molecule has 0 aliphatic carbocycles. The lowest BCUT2D eigenvalue weighted by Gasteiger charge is -2.30. The zero-order chi connectivity index (χ0) is 20.1. The van der Waals surface area contributed by atoms with Gasteiger partial charge >= 0.3 is 5.97 Å². The maximum atomic E-state index is 12.7. The van der Waals surface area contributed by atoms with Crippen LogP contribution in [-0.2, 0) is 22.5 Å². The van der Waals surface area contributed by atoms with Crippen molar-refractivity contribution in [1.82, 2.24) is 4.90 Å². The molecule has 148 valence electrons. The van der Waals surface area contributed by atoms with Crippen molar-refractivity contribution in [1.29, 1.82) is 0 Å². The monoisotopic (exact) mass is 383 g/mol. The van der Waals surface area contributed by atoms with Gasteiger partial charge in [0.1, 0.15) is 0 Å². The molecule has 0 spiro atoms. The number of rotatable bonds is 6. The number of fused-ring (bicyclic) bond motifs is 1. The Kier molecular flexibility index (Phi) is 6.19. The summed E-state index contributed by atoms with van der Waals surface area (Å²) in [6, 6.07) is 12.9. The molecule has 0 N–H and O–H groups in total. The summed E-state index contributed by atoms with van der Waals surface area (Å²) < 4.78 is 16.1. The van der Waals surface area contributed by atoms with Gasteiger partial charge in [0.2, 0.25) is 0 Å². The van der Waals surface area contributed by atoms with E-state index in [2.05, 4.69) is 6.07 Å². The van der Waals surface area contributed by atoms with Crippen molar-refractivity contribution in [3.63, 3.8) is 0 Å². The normalized spacial score (nSPS) is 14.0. The summed E-state index contributed by atoms with van der Waals surface area (Å²) in [7, 11) is 1.51. The number of methoxy groups -OCH3 is 1. The average molecular weight is 383 g/mol. The van der Waals surface area contributed by atoms with Crippen molar-refractivity contribution in [3.8, 4) is 11.5 Å². The maximum Gasteiger partial charge on any atom is 0.339 e. The number of hydrogen-bond donors (Lipinski definition) is 0. The minimum atomic E-state index is -0.865. The fourth-order valence-corrected chi connectivity index (χ4v) is 3.29. The summed E-state index contributed by atoms with van der Waals surface area (Å²) in [6.07, 6.45) is -0.0612. The Morgan fingerprint density at radius 3 is 2.57 bits per heavy atom. The van der Waals surface area contributed by atoms with Gasteiger partial charge < -0.3 is 19.1 Å². The lowest BCUT2D eigenvalue weighted by Crippen LogP contribution is -2.42. The minimum Gasteiger partial charge on any atom is -0.493 e. The third-order valence-corrected chi connectivity index (χ3v) is 4.77. The Balaban J connectivity index is 1.65. The predicted molar refractivity (Wildman–Crippen MR) is 105 cm³/mol. The summed E-state index contributed by atoms with van der Waals surface area (Å²) in [5.41, 5.74) is 2.71. The number of ether oxygens (including phenoxy) is 3. The van der Waals surface area contributed by atoms with E-state index in [-0.39, 0.29) is 5.91 Å². The Bertz CT molecular complexity index is 864. The molecule has 6 heteroatoms. The lowest BCUT2D eigenvalue weighted by molar-refractivity contribution is -0.140. The molecular weight excluding hydrogens is 358 g/mol. The molecular formula is C22H25NO5. The molecule has 3 rings (SSSR count). The maximum absolute atomic E-state index is 12.7. The van der Waals surface area contributed by atoms with Crippen molar-refractivity contribution in [3.05, 3.63) is 59.2 Å². The molecule has 0 aromatic heterocycles. The highest BCUT2D eigenvalue weighted by molar-refractivity contribution is 5.93. The molecule has 28 heavy (non-hydrogen) atoms. The number of carbonyl (C=O) groups excluding carboxylic acids is 2. The van der Waals surface area contributed by atoms with Crippen molar-refractivity contribution < 1.29 is 23.8 Å². The highest BCUT2D eigenvalue weighted by Gasteiger charge is 2.27. The van der Waals surface area contributed by atoms with Gasteiger partial charge in [-0.15, -0.1) is 0 Å². The van der Waals surface area contributed by atoms with Gasteiger partial charge in [0.05, 0.1) is 19.3 Å². The topological polar surface area (TPSA) is 65.1 Å². The Morgan fingerprint density at radius 1 is 1.11 bits per heavy atom. The third-order valence-electron chi connectivity index (χ3n) is 4.77. The smallest absolute Gasteiger partial charge is 0.339 e. The van der Waals surface area contributed by atoms with Crippen LogP contribution in [0.1, 0.15) is 35.3 Å². The molecule has 1 amide bonds. The van der Waals surface area contributed by atoms with E-state index in [4.69, 9.17) is 14.2 Å². The van der Waals surface area contributed by atoms with E-state index in [1.165, 1.54) is 12.7 Å². The van der Waals surface area contributed by atoms with Crippen LogP contribution < -0.4 is 9.47 Å². The predicted octanol–water partition coefficient (Wildman–Crippen LogP) is 3.22. The van der Waals surface area contributed by atoms with Crippen LogP contribution in [-0.4, -0.2) is 43.1 Å². The van der Waals surface area contributed by atoms with E-state index < -0.39 is 12.1 Å². The van der Waals surface area contributed by atoms with Crippen LogP contribution in [0.2, 0.25) is 0 Å². The lowest BCUT2D eigenvalue weighted by atomic mass is 9.99. The zero-order valence-corrected chi connectivity index (χ0v) is 16.4. The summed E-state index contributed by atoms with van der Waals surface area (Å²) in [4.78, 5) is 27.0. The fourth-order valence-electron chi connectivity index (χ4n) is 3.29. The first kappa shape index (κ1) is 19.7. The highest BCUT2D eigenvalue weighted by atomic mass is 16.5. The van der Waals surface area contributed by atoms with Crippen molar-refractivity contribution in [2.24, 2.45) is 0 Å². The second-order valence-electron chi connectivity index (χ2n) is 6.62. The van der Waals surface area contributed by atoms with Crippen LogP contribution in [0.5, 0.6) is 11.5 Å². The number of benzene rings is 2. The zero-order valence-electron chi connectivity index (χ0n) is 16.4. The number of hydrogen-bond acceptors (Lipinski definition) is 5. The van der Waals surface area contributed by atoms with E-state index in [0.717, 1.165) is 12.0 Å². The molecule has 0 saturated heterocycles. The molecule has 2 aromatic rings. The van der Waals surface area contributed by atoms with E-state index >= 15 is 0 Å². The molecule has 0 fully saturated rings. The standard InChI is InChI=1S/C22H25NO5/c1-4-27-19-10-9-17(13-20(19)26-3)22(25)28-15(2)21(24)23-12-11-16-7-5-6-8-18(16)14-23/h5-10,13,15H,4,11-12,14H2,1-3H3. The third kappa shape index (κ3) is 4.27. The SMILES string of the molecule is CCOc1ccc(C(=O)OC(C)C(=O)N2CCc3ccccc3C2)cc1OC. The summed E-state index contributed by atoms with van der Waals surface area (Å²) >= 11 is 0. The molecule has 0 radical (unpaired) electrons. The first-order valence-electron chi connectivity index (χ1n) is 9.40. The molecule has 6 nitrogen and oxygen atoms in total. The Hall–Kier alpha value is -3.02. The summed E-state index contributed by atoms with van der Waals surface area (Å²) in [5, 5.41) is 0. The fraction of sp³-hybridized carbons (Fsp3) is 0.364. The van der Waals surface area contributed by atoms with E-state index in [1.54, 1.807) is 30.0 Å². The molecule has 0 saturated carbocycles. The van der Waals surface area contributed by atoms with Gasteiger partial charge in [0.25, 0.3) is 5.91 Å². The van der Waals surface area contributed by atoms with Gasteiger partial charge in [-0.1, -0.05) is 24.3 Å². The molecule has 1 atom stereocenters. The van der Waals surface area contributed by atoms with Gasteiger partial charge in [0.15, 0.2) is 17.6 Å². The second kappa shape index (κ2) is 8.78. The quantitative estimate of drug-likeness (QED) is 0.717. The average Bonchev–Trinajstić information content (AvgIpc) is 2.73. The first-order valence-corrected chi connectivity index (χ1v) is 9.40. The molecule has 0 bridgehead atoms. The van der Waals surface area contributed by atoms with Crippen LogP contribution >= 0.6 is 0 Å². The molecule has 1 heterocycles. The van der Waals surface area contributed by atoms with E-state index in [0.29, 0.717) is 36.8 Å². The Labute approximate surface area is 165 Å². The first-order chi connectivity index (χ1) is 13.5. The second-order valence-corrected chi connectivity index (χ2v) is 6.62. The van der Waals surface area contributed by atoms with Crippen LogP contribution in [0.3, 0.4) is 0 Å². The highest BCUT2D eigenvalue weighted by Crippen LogP contribution is 2.28. The van der Waals surface area contributed by atoms with Crippen LogP contribution in [0.15, 0.2) is 42.5 Å². The van der Waals surface area contributed by atoms with Crippen molar-refractivity contribution in [2.75, 3.05) is 20.3 Å². The van der Waals surface area contributed by atoms with E-state index in [9.17, 15) is 9.59 Å². The van der Waals surface area contributed by atoms with Gasteiger partial charge in [-0.25, -0.2) is 4.79 Å². The van der Waals surface area contributed by atoms with Crippen molar-refractivity contribution in [2.45, 2.75) is 32.9 Å². The number of esters is 1. The number of amides is 1. The van der Waals surface area contributed by atoms with Gasteiger partial charge in [-0.2, -0.15) is 0 Å². The van der Waals surface area contributed by atoms with Crippen LogP contribution in [0, 0.1) is 0 Å². The van der Waals surface area contributed by atoms with Crippen LogP contribution in [0.4, 0.5) is 0 Å². The van der Waals surface area contributed by atoms with Gasteiger partial charge in [0, 0.05) is 13.1 Å². The summed E-state index contributed by atoms with van der Waals surface area (Å²) in [5.74, 6) is 0.237. The molecule has 1 unspecified atom stereocenters.